The van der Waals surface area contributed by atoms with Gasteiger partial charge in [-0.1, -0.05) is 24.3 Å². The number of hydrogen-bond donors (Lipinski definition) is 1. The zero-order valence-electron chi connectivity index (χ0n) is 16.2. The van der Waals surface area contributed by atoms with Gasteiger partial charge in [-0.05, 0) is 48.7 Å². The Morgan fingerprint density at radius 2 is 1.80 bits per heavy atom. The minimum Gasteiger partial charge on any atom is -0.462 e. The lowest BCUT2D eigenvalue weighted by Gasteiger charge is -2.10. The van der Waals surface area contributed by atoms with Crippen LogP contribution in [0.1, 0.15) is 32.6 Å². The highest BCUT2D eigenvalue weighted by Crippen LogP contribution is 2.33. The van der Waals surface area contributed by atoms with Gasteiger partial charge in [-0.3, -0.25) is 4.79 Å². The summed E-state index contributed by atoms with van der Waals surface area (Å²) in [7, 11) is 0. The Labute approximate surface area is 176 Å². The third-order valence-electron chi connectivity index (χ3n) is 5.09. The van der Waals surface area contributed by atoms with E-state index in [1.54, 1.807) is 19.1 Å². The average molecular weight is 414 g/mol. The van der Waals surface area contributed by atoms with Gasteiger partial charge in [-0.2, -0.15) is 0 Å². The summed E-state index contributed by atoms with van der Waals surface area (Å²) in [6.07, 6.45) is 1.94. The number of H-pyrrole nitrogens is 1. The summed E-state index contributed by atoms with van der Waals surface area (Å²) < 4.78 is 6.96. The molecule has 0 bridgehead atoms. The van der Waals surface area contributed by atoms with Crippen molar-refractivity contribution in [3.63, 3.8) is 0 Å². The second-order valence-electron chi connectivity index (χ2n) is 6.88. The van der Waals surface area contributed by atoms with Crippen LogP contribution in [0, 0.1) is 0 Å². The van der Waals surface area contributed by atoms with Crippen LogP contribution < -0.4 is 0 Å². The van der Waals surface area contributed by atoms with Crippen molar-refractivity contribution in [1.82, 2.24) is 9.55 Å². The van der Waals surface area contributed by atoms with Crippen LogP contribution in [0.5, 0.6) is 0 Å². The number of rotatable bonds is 5. The molecule has 0 aliphatic heterocycles. The molecule has 3 heterocycles. The Bertz CT molecular complexity index is 1380. The van der Waals surface area contributed by atoms with Crippen LogP contribution in [0.15, 0.2) is 72.2 Å². The summed E-state index contributed by atoms with van der Waals surface area (Å²) in [5.74, 6) is -0.385. The van der Waals surface area contributed by atoms with Gasteiger partial charge in [0.15, 0.2) is 0 Å². The fraction of sp³-hybridized carbons (Fsp3) is 0.0833. The SMILES string of the molecule is CCOC(=O)c1ccc(-n2cc3[nH]c4ccccc4c3c2C(=O)c2cccs2)cc1. The number of nitrogens with one attached hydrogen (secondary N) is 1. The largest absolute Gasteiger partial charge is 0.462 e. The maximum atomic E-state index is 13.5. The Kier molecular flexibility index (Phi) is 4.48. The summed E-state index contributed by atoms with van der Waals surface area (Å²) in [4.78, 5) is 29.6. The minimum absolute atomic E-state index is 0.0285. The van der Waals surface area contributed by atoms with Gasteiger partial charge in [0.2, 0.25) is 5.78 Å². The van der Waals surface area contributed by atoms with Crippen molar-refractivity contribution >= 4 is 44.9 Å². The number of esters is 1. The normalized spacial score (nSPS) is 11.2. The fourth-order valence-electron chi connectivity index (χ4n) is 3.75. The third-order valence-corrected chi connectivity index (χ3v) is 5.96. The van der Waals surface area contributed by atoms with E-state index >= 15 is 0 Å². The number of hydrogen-bond acceptors (Lipinski definition) is 4. The molecular weight excluding hydrogens is 396 g/mol. The van der Waals surface area contributed by atoms with Crippen molar-refractivity contribution in [2.45, 2.75) is 6.92 Å². The van der Waals surface area contributed by atoms with Crippen LogP contribution >= 0.6 is 11.3 Å². The predicted molar refractivity (Wildman–Crippen MR) is 119 cm³/mol. The molecule has 1 N–H and O–H groups in total. The summed E-state index contributed by atoms with van der Waals surface area (Å²) in [5, 5.41) is 3.81. The van der Waals surface area contributed by atoms with Crippen LogP contribution in [0.3, 0.4) is 0 Å². The molecule has 6 heteroatoms. The molecule has 0 spiro atoms. The first kappa shape index (κ1) is 18.4. The third kappa shape index (κ3) is 2.93. The molecule has 30 heavy (non-hydrogen) atoms. The summed E-state index contributed by atoms with van der Waals surface area (Å²) in [6.45, 7) is 2.11. The van der Waals surface area contributed by atoms with Gasteiger partial charge in [0, 0.05) is 28.2 Å². The van der Waals surface area contributed by atoms with Gasteiger partial charge in [0.25, 0.3) is 0 Å². The first-order valence-corrected chi connectivity index (χ1v) is 10.5. The second-order valence-corrected chi connectivity index (χ2v) is 7.83. The van der Waals surface area contributed by atoms with E-state index < -0.39 is 0 Å². The van der Waals surface area contributed by atoms with Crippen molar-refractivity contribution in [3.05, 3.63) is 88.4 Å². The predicted octanol–water partition coefficient (Wildman–Crippen LogP) is 5.58. The minimum atomic E-state index is -0.357. The molecule has 0 radical (unpaired) electrons. The maximum Gasteiger partial charge on any atom is 0.338 e. The number of benzene rings is 2. The van der Waals surface area contributed by atoms with Gasteiger partial charge in [0.05, 0.1) is 22.6 Å². The molecule has 5 aromatic rings. The van der Waals surface area contributed by atoms with Crippen LogP contribution in [0.4, 0.5) is 0 Å². The molecule has 5 nitrogen and oxygen atoms in total. The van der Waals surface area contributed by atoms with Crippen molar-refractivity contribution in [1.29, 1.82) is 0 Å². The van der Waals surface area contributed by atoms with E-state index in [1.807, 2.05) is 64.7 Å². The molecule has 0 aliphatic rings. The molecule has 5 rings (SSSR count). The van der Waals surface area contributed by atoms with Gasteiger partial charge in [-0.15, -0.1) is 11.3 Å². The van der Waals surface area contributed by atoms with Crippen LogP contribution in [-0.2, 0) is 4.74 Å². The van der Waals surface area contributed by atoms with E-state index in [4.69, 9.17) is 4.74 Å². The van der Waals surface area contributed by atoms with Crippen molar-refractivity contribution in [3.8, 4) is 5.69 Å². The number of para-hydroxylation sites is 1. The lowest BCUT2D eigenvalue weighted by molar-refractivity contribution is 0.0526. The Balaban J connectivity index is 1.71. The molecule has 148 valence electrons. The van der Waals surface area contributed by atoms with Gasteiger partial charge >= 0.3 is 5.97 Å². The summed E-state index contributed by atoms with van der Waals surface area (Å²) in [6, 6.07) is 18.8. The van der Waals surface area contributed by atoms with E-state index in [0.717, 1.165) is 27.5 Å². The monoisotopic (exact) mass is 414 g/mol. The number of ether oxygens (including phenoxy) is 1. The molecule has 0 saturated carbocycles. The molecule has 0 fully saturated rings. The number of aromatic nitrogens is 2. The Morgan fingerprint density at radius 3 is 2.53 bits per heavy atom. The maximum absolute atomic E-state index is 13.5. The highest BCUT2D eigenvalue weighted by molar-refractivity contribution is 7.12. The van der Waals surface area contributed by atoms with E-state index in [-0.39, 0.29) is 11.8 Å². The number of carbonyl (C=O) groups is 2. The molecule has 0 amide bonds. The number of fused-ring (bicyclic) bond motifs is 3. The first-order chi connectivity index (χ1) is 14.7. The van der Waals surface area contributed by atoms with Crippen molar-refractivity contribution < 1.29 is 14.3 Å². The number of ketones is 1. The first-order valence-electron chi connectivity index (χ1n) is 9.65. The Hall–Kier alpha value is -3.64. The van der Waals surface area contributed by atoms with Crippen molar-refractivity contribution in [2.24, 2.45) is 0 Å². The van der Waals surface area contributed by atoms with E-state index in [0.29, 0.717) is 22.7 Å². The average Bonchev–Trinajstić information content (AvgIpc) is 3.49. The topological polar surface area (TPSA) is 64.1 Å². The molecular formula is C24H18N2O3S. The molecule has 0 aliphatic carbocycles. The van der Waals surface area contributed by atoms with Crippen LogP contribution in [0.2, 0.25) is 0 Å². The zero-order valence-corrected chi connectivity index (χ0v) is 17.0. The molecule has 0 atom stereocenters. The van der Waals surface area contributed by atoms with Gasteiger partial charge in [0.1, 0.15) is 5.69 Å². The molecule has 3 aromatic heterocycles. The Morgan fingerprint density at radius 1 is 1.00 bits per heavy atom. The summed E-state index contributed by atoms with van der Waals surface area (Å²) >= 11 is 1.43. The highest BCUT2D eigenvalue weighted by atomic mass is 32.1. The van der Waals surface area contributed by atoms with Gasteiger partial charge < -0.3 is 14.3 Å². The standard InChI is InChI=1S/C24H18N2O3S/c1-2-29-24(28)15-9-11-16(12-10-15)26-14-19-21(17-6-3-4-7-18(17)25-19)22(26)23(27)20-8-5-13-30-20/h3-14,25H,2H2,1H3. The fourth-order valence-corrected chi connectivity index (χ4v) is 4.42. The number of thiophene rings is 1. The quantitative estimate of drug-likeness (QED) is 0.302. The smallest absolute Gasteiger partial charge is 0.338 e. The second kappa shape index (κ2) is 7.31. The molecule has 0 saturated heterocycles. The lowest BCUT2D eigenvalue weighted by atomic mass is 10.1. The van der Waals surface area contributed by atoms with Crippen LogP contribution in [-0.4, -0.2) is 27.9 Å². The summed E-state index contributed by atoms with van der Waals surface area (Å²) in [5.41, 5.74) is 3.78. The van der Waals surface area contributed by atoms with Crippen LogP contribution in [0.25, 0.3) is 27.5 Å². The molecule has 2 aromatic carbocycles. The highest BCUT2D eigenvalue weighted by Gasteiger charge is 2.23. The lowest BCUT2D eigenvalue weighted by Crippen LogP contribution is -2.08. The van der Waals surface area contributed by atoms with E-state index in [2.05, 4.69) is 4.98 Å². The van der Waals surface area contributed by atoms with Crippen molar-refractivity contribution in [2.75, 3.05) is 6.61 Å². The zero-order chi connectivity index (χ0) is 20.7. The van der Waals surface area contributed by atoms with E-state index in [9.17, 15) is 9.59 Å². The molecule has 0 unspecified atom stereocenters. The number of nitrogens with zero attached hydrogens (tertiary/aromatic N) is 1. The number of carbonyl (C=O) groups excluding carboxylic acids is 2. The van der Waals surface area contributed by atoms with Gasteiger partial charge in [-0.25, -0.2) is 4.79 Å². The number of aromatic amines is 1. The van der Waals surface area contributed by atoms with E-state index in [1.165, 1.54) is 11.3 Å².